The number of thiophene rings is 1. The molecule has 136 valence electrons. The Morgan fingerprint density at radius 1 is 1.24 bits per heavy atom. The largest absolute Gasteiger partial charge is 0.550 e. The van der Waals surface area contributed by atoms with Crippen LogP contribution < -0.4 is 10.4 Å². The standard InChI is InChI=1S/C18H23NO5S/c1-3-11-8-12(18(23)24-4-2)16(25-11)19-15(20)13-9-5-6-10(7-9)14(13)17(21)22/h8-10,13-14H,3-7H2,1-2H3,(H,19,20)(H,21,22)/p-1/t9-,10-,13-,14+/m1/s1. The Bertz CT molecular complexity index is 698. The minimum absolute atomic E-state index is 0.0322. The molecule has 1 aromatic rings. The van der Waals surface area contributed by atoms with Crippen LogP contribution in [-0.4, -0.2) is 24.5 Å². The van der Waals surface area contributed by atoms with E-state index in [0.717, 1.165) is 30.6 Å². The topological polar surface area (TPSA) is 95.5 Å². The number of aliphatic carboxylic acids is 1. The number of carbonyl (C=O) groups excluding carboxylic acids is 3. The summed E-state index contributed by atoms with van der Waals surface area (Å²) in [5, 5.41) is 14.8. The van der Waals surface area contributed by atoms with E-state index < -0.39 is 23.8 Å². The molecule has 2 aliphatic carbocycles. The number of fused-ring (bicyclic) bond motifs is 2. The Kier molecular flexibility index (Phi) is 5.13. The number of amides is 1. The third kappa shape index (κ3) is 3.29. The van der Waals surface area contributed by atoms with E-state index >= 15 is 0 Å². The van der Waals surface area contributed by atoms with Crippen LogP contribution in [-0.2, 0) is 20.7 Å². The fourth-order valence-corrected chi connectivity index (χ4v) is 5.26. The molecule has 0 spiro atoms. The molecule has 3 rings (SSSR count). The van der Waals surface area contributed by atoms with Gasteiger partial charge < -0.3 is 20.0 Å². The molecule has 0 unspecified atom stereocenters. The van der Waals surface area contributed by atoms with Gasteiger partial charge in [-0.1, -0.05) is 6.92 Å². The van der Waals surface area contributed by atoms with E-state index in [1.165, 1.54) is 11.3 Å². The first-order valence-corrected chi connectivity index (χ1v) is 9.59. The quantitative estimate of drug-likeness (QED) is 0.777. The maximum absolute atomic E-state index is 12.8. The highest BCUT2D eigenvalue weighted by molar-refractivity contribution is 7.16. The second-order valence-corrected chi connectivity index (χ2v) is 7.86. The monoisotopic (exact) mass is 364 g/mol. The number of hydrogen-bond donors (Lipinski definition) is 1. The molecule has 0 aliphatic heterocycles. The molecule has 6 nitrogen and oxygen atoms in total. The summed E-state index contributed by atoms with van der Waals surface area (Å²) in [7, 11) is 0. The number of nitrogens with one attached hydrogen (secondary N) is 1. The molecule has 1 amide bonds. The van der Waals surface area contributed by atoms with Crippen LogP contribution in [0.3, 0.4) is 0 Å². The van der Waals surface area contributed by atoms with E-state index in [1.54, 1.807) is 13.0 Å². The smallest absolute Gasteiger partial charge is 0.341 e. The lowest BCUT2D eigenvalue weighted by Gasteiger charge is -2.30. The van der Waals surface area contributed by atoms with Crippen molar-refractivity contribution in [1.29, 1.82) is 0 Å². The normalized spacial score (nSPS) is 27.3. The molecule has 2 aliphatic rings. The maximum Gasteiger partial charge on any atom is 0.341 e. The second-order valence-electron chi connectivity index (χ2n) is 6.72. The van der Waals surface area contributed by atoms with Gasteiger partial charge in [-0.2, -0.15) is 0 Å². The van der Waals surface area contributed by atoms with Gasteiger partial charge in [0.2, 0.25) is 5.91 Å². The van der Waals surface area contributed by atoms with Gasteiger partial charge in [-0.15, -0.1) is 11.3 Å². The van der Waals surface area contributed by atoms with Crippen molar-refractivity contribution < 1.29 is 24.2 Å². The molecule has 0 radical (unpaired) electrons. The highest BCUT2D eigenvalue weighted by Gasteiger charge is 2.51. The van der Waals surface area contributed by atoms with Gasteiger partial charge in [0.25, 0.3) is 0 Å². The van der Waals surface area contributed by atoms with Crippen LogP contribution in [0.1, 0.15) is 48.3 Å². The van der Waals surface area contributed by atoms with Crippen LogP contribution >= 0.6 is 11.3 Å². The lowest BCUT2D eigenvalue weighted by Crippen LogP contribution is -2.44. The first kappa shape index (κ1) is 17.9. The number of carboxylic acid groups (broad SMARTS) is 1. The number of ether oxygens (including phenoxy) is 1. The highest BCUT2D eigenvalue weighted by Crippen LogP contribution is 2.52. The predicted molar refractivity (Wildman–Crippen MR) is 91.1 cm³/mol. The number of carboxylic acids is 1. The first-order valence-electron chi connectivity index (χ1n) is 8.77. The zero-order chi connectivity index (χ0) is 18.1. The SMILES string of the molecule is CCOC(=O)c1cc(CC)sc1NC(=O)[C@@H]1[C@@H]2CC[C@H](C2)[C@@H]1C(=O)[O-]. The van der Waals surface area contributed by atoms with Crippen molar-refractivity contribution in [2.75, 3.05) is 11.9 Å². The van der Waals surface area contributed by atoms with Gasteiger partial charge >= 0.3 is 5.97 Å². The number of carbonyl (C=O) groups is 3. The average molecular weight is 364 g/mol. The van der Waals surface area contributed by atoms with Gasteiger partial charge in [0.15, 0.2) is 0 Å². The van der Waals surface area contributed by atoms with Gasteiger partial charge in [0.05, 0.1) is 12.2 Å². The first-order chi connectivity index (χ1) is 12.0. The van der Waals surface area contributed by atoms with E-state index in [0.29, 0.717) is 10.6 Å². The third-order valence-electron chi connectivity index (χ3n) is 5.35. The minimum Gasteiger partial charge on any atom is -0.550 e. The van der Waals surface area contributed by atoms with Crippen molar-refractivity contribution in [3.05, 3.63) is 16.5 Å². The van der Waals surface area contributed by atoms with Crippen molar-refractivity contribution in [3.8, 4) is 0 Å². The average Bonchev–Trinajstić information content (AvgIpc) is 3.28. The summed E-state index contributed by atoms with van der Waals surface area (Å²) in [6.45, 7) is 3.94. The van der Waals surface area contributed by atoms with Gasteiger partial charge in [-0.05, 0) is 50.5 Å². The van der Waals surface area contributed by atoms with Crippen LogP contribution in [0.2, 0.25) is 0 Å². The van der Waals surface area contributed by atoms with Gasteiger partial charge in [0.1, 0.15) is 5.00 Å². The summed E-state index contributed by atoms with van der Waals surface area (Å²) in [5.41, 5.74) is 0.338. The Morgan fingerprint density at radius 3 is 2.52 bits per heavy atom. The van der Waals surface area contributed by atoms with E-state index in [1.807, 2.05) is 6.92 Å². The molecule has 4 atom stereocenters. The maximum atomic E-state index is 12.8. The number of hydrogen-bond acceptors (Lipinski definition) is 6. The number of aryl methyl sites for hydroxylation is 1. The summed E-state index contributed by atoms with van der Waals surface area (Å²) in [5.74, 6) is -3.12. The van der Waals surface area contributed by atoms with Crippen LogP contribution in [0.25, 0.3) is 0 Å². The molecule has 2 bridgehead atoms. The summed E-state index contributed by atoms with van der Waals surface area (Å²) in [6.07, 6.45) is 3.23. The second kappa shape index (κ2) is 7.15. The summed E-state index contributed by atoms with van der Waals surface area (Å²) < 4.78 is 5.05. The summed E-state index contributed by atoms with van der Waals surface area (Å²) in [6, 6.07) is 1.73. The highest BCUT2D eigenvalue weighted by atomic mass is 32.1. The Balaban J connectivity index is 1.82. The van der Waals surface area contributed by atoms with Crippen molar-refractivity contribution in [2.45, 2.75) is 39.5 Å². The zero-order valence-electron chi connectivity index (χ0n) is 14.4. The molecule has 2 saturated carbocycles. The Hall–Kier alpha value is -1.89. The lowest BCUT2D eigenvalue weighted by atomic mass is 9.79. The summed E-state index contributed by atoms with van der Waals surface area (Å²) >= 11 is 1.33. The van der Waals surface area contributed by atoms with Gasteiger partial charge in [0, 0.05) is 22.7 Å². The van der Waals surface area contributed by atoms with Crippen LogP contribution in [0.5, 0.6) is 0 Å². The van der Waals surface area contributed by atoms with Crippen LogP contribution in [0.15, 0.2) is 6.07 Å². The molecule has 1 heterocycles. The fraction of sp³-hybridized carbons (Fsp3) is 0.611. The van der Waals surface area contributed by atoms with E-state index in [2.05, 4.69) is 5.32 Å². The molecule has 7 heteroatoms. The van der Waals surface area contributed by atoms with Crippen molar-refractivity contribution in [1.82, 2.24) is 0 Å². The van der Waals surface area contributed by atoms with E-state index in [4.69, 9.17) is 4.74 Å². The molecular weight excluding hydrogens is 342 g/mol. The van der Waals surface area contributed by atoms with E-state index in [9.17, 15) is 19.5 Å². The fourth-order valence-electron chi connectivity index (χ4n) is 4.27. The molecule has 1 aromatic heterocycles. The third-order valence-corrected chi connectivity index (χ3v) is 6.55. The number of rotatable bonds is 6. The molecular formula is C18H22NO5S-. The van der Waals surface area contributed by atoms with Crippen molar-refractivity contribution in [2.24, 2.45) is 23.7 Å². The van der Waals surface area contributed by atoms with E-state index in [-0.39, 0.29) is 24.3 Å². The molecule has 25 heavy (non-hydrogen) atoms. The number of anilines is 1. The van der Waals surface area contributed by atoms with Crippen molar-refractivity contribution >= 4 is 34.2 Å². The van der Waals surface area contributed by atoms with Gasteiger partial charge in [-0.25, -0.2) is 4.79 Å². The lowest BCUT2D eigenvalue weighted by molar-refractivity contribution is -0.314. The van der Waals surface area contributed by atoms with Crippen LogP contribution in [0.4, 0.5) is 5.00 Å². The Labute approximate surface area is 150 Å². The number of esters is 1. The predicted octanol–water partition coefficient (Wildman–Crippen LogP) is 1.84. The molecule has 0 aromatic carbocycles. The molecule has 2 fully saturated rings. The molecule has 0 saturated heterocycles. The van der Waals surface area contributed by atoms with Crippen molar-refractivity contribution in [3.63, 3.8) is 0 Å². The molecule has 1 N–H and O–H groups in total. The zero-order valence-corrected chi connectivity index (χ0v) is 15.2. The summed E-state index contributed by atoms with van der Waals surface area (Å²) in [4.78, 5) is 37.4. The minimum atomic E-state index is -1.14. The van der Waals surface area contributed by atoms with Crippen LogP contribution in [0, 0.1) is 23.7 Å². The Morgan fingerprint density at radius 2 is 1.92 bits per heavy atom. The van der Waals surface area contributed by atoms with Gasteiger partial charge in [-0.3, -0.25) is 4.79 Å².